The number of anilines is 1. The Balaban J connectivity index is 1.81. The van der Waals surface area contributed by atoms with Gasteiger partial charge in [0.25, 0.3) is 0 Å². The Kier molecular flexibility index (Phi) is 3.94. The first-order chi connectivity index (χ1) is 11.0. The molecule has 1 aliphatic heterocycles. The maximum atomic E-state index is 12.5. The molecule has 122 valence electrons. The minimum absolute atomic E-state index is 0.180. The van der Waals surface area contributed by atoms with Crippen molar-refractivity contribution in [1.82, 2.24) is 14.9 Å². The third-order valence-electron chi connectivity index (χ3n) is 3.97. The first kappa shape index (κ1) is 15.3. The molecule has 1 aromatic carbocycles. The first-order valence-corrected chi connectivity index (χ1v) is 7.73. The molecule has 2 N–H and O–H groups in total. The van der Waals surface area contributed by atoms with Gasteiger partial charge in [-0.1, -0.05) is 26.0 Å². The molecule has 0 spiro atoms. The largest absolute Gasteiger partial charge is 0.480 e. The molecule has 0 aliphatic carbocycles. The molecule has 7 heteroatoms. The minimum Gasteiger partial charge on any atom is -0.480 e. The molecule has 0 radical (unpaired) electrons. The zero-order chi connectivity index (χ0) is 16.6. The van der Waals surface area contributed by atoms with Crippen LogP contribution in [0.5, 0.6) is 0 Å². The summed E-state index contributed by atoms with van der Waals surface area (Å²) >= 11 is 0. The molecule has 0 bridgehead atoms. The number of aromatic nitrogens is 2. The average Bonchev–Trinajstić information content (AvgIpc) is 3.04. The number of urea groups is 1. The number of carboxylic acids is 1. The van der Waals surface area contributed by atoms with Gasteiger partial charge in [-0.2, -0.15) is 0 Å². The molecule has 0 fully saturated rings. The van der Waals surface area contributed by atoms with E-state index in [1.54, 1.807) is 0 Å². The predicted molar refractivity (Wildman–Crippen MR) is 86.5 cm³/mol. The Labute approximate surface area is 133 Å². The van der Waals surface area contributed by atoms with Crippen LogP contribution in [0.4, 0.5) is 10.7 Å². The molecule has 7 nitrogen and oxygen atoms in total. The molecular weight excluding hydrogens is 296 g/mol. The molecule has 0 saturated carbocycles. The zero-order valence-electron chi connectivity index (χ0n) is 13.2. The third kappa shape index (κ3) is 2.86. The summed E-state index contributed by atoms with van der Waals surface area (Å²) in [4.78, 5) is 29.8. The van der Waals surface area contributed by atoms with Crippen molar-refractivity contribution in [2.75, 3.05) is 11.4 Å². The number of para-hydroxylation sites is 2. The summed E-state index contributed by atoms with van der Waals surface area (Å²) < 4.78 is 1.98. The van der Waals surface area contributed by atoms with Crippen molar-refractivity contribution in [3.8, 4) is 0 Å². The van der Waals surface area contributed by atoms with E-state index in [9.17, 15) is 14.7 Å². The second-order valence-corrected chi connectivity index (χ2v) is 6.17. The predicted octanol–water partition coefficient (Wildman–Crippen LogP) is 2.07. The number of hydrogen-bond acceptors (Lipinski definition) is 3. The van der Waals surface area contributed by atoms with Gasteiger partial charge in [0.1, 0.15) is 6.04 Å². The summed E-state index contributed by atoms with van der Waals surface area (Å²) in [6, 6.07) is 6.40. The van der Waals surface area contributed by atoms with E-state index in [0.717, 1.165) is 11.0 Å². The Bertz CT molecular complexity index is 753. The number of nitrogens with one attached hydrogen (secondary N) is 1. The molecule has 1 aromatic heterocycles. The normalized spacial score (nSPS) is 15.0. The van der Waals surface area contributed by atoms with Gasteiger partial charge < -0.3 is 15.0 Å². The van der Waals surface area contributed by atoms with E-state index in [-0.39, 0.29) is 5.92 Å². The van der Waals surface area contributed by atoms with Crippen LogP contribution in [0.15, 0.2) is 24.3 Å². The van der Waals surface area contributed by atoms with E-state index >= 15 is 0 Å². The van der Waals surface area contributed by atoms with Crippen molar-refractivity contribution in [2.45, 2.75) is 32.9 Å². The Hall–Kier alpha value is -2.57. The van der Waals surface area contributed by atoms with Crippen LogP contribution in [-0.2, 0) is 11.3 Å². The lowest BCUT2D eigenvalue weighted by atomic mass is 10.0. The average molecular weight is 316 g/mol. The lowest BCUT2D eigenvalue weighted by molar-refractivity contribution is -0.139. The van der Waals surface area contributed by atoms with Crippen molar-refractivity contribution >= 4 is 29.0 Å². The van der Waals surface area contributed by atoms with Crippen molar-refractivity contribution in [2.24, 2.45) is 5.92 Å². The first-order valence-electron chi connectivity index (χ1n) is 7.73. The van der Waals surface area contributed by atoms with Gasteiger partial charge >= 0.3 is 12.0 Å². The molecule has 2 heterocycles. The molecule has 1 aliphatic rings. The topological polar surface area (TPSA) is 87.5 Å². The quantitative estimate of drug-likeness (QED) is 0.904. The molecule has 1 unspecified atom stereocenters. The van der Waals surface area contributed by atoms with Crippen molar-refractivity contribution in [3.05, 3.63) is 24.3 Å². The summed E-state index contributed by atoms with van der Waals surface area (Å²) in [5.41, 5.74) is 1.81. The number of rotatable bonds is 4. The maximum Gasteiger partial charge on any atom is 0.326 e. The van der Waals surface area contributed by atoms with Crippen molar-refractivity contribution in [1.29, 1.82) is 0 Å². The van der Waals surface area contributed by atoms with Crippen LogP contribution in [0.2, 0.25) is 0 Å². The number of benzene rings is 1. The molecule has 3 rings (SSSR count). The summed E-state index contributed by atoms with van der Waals surface area (Å²) in [7, 11) is 0. The number of hydrogen-bond donors (Lipinski definition) is 2. The highest BCUT2D eigenvalue weighted by molar-refractivity contribution is 5.95. The molecule has 23 heavy (non-hydrogen) atoms. The number of amides is 2. The number of aliphatic carboxylic acids is 1. The second-order valence-electron chi connectivity index (χ2n) is 6.17. The van der Waals surface area contributed by atoms with E-state index in [4.69, 9.17) is 0 Å². The summed E-state index contributed by atoms with van der Waals surface area (Å²) in [6.07, 6.45) is 0.394. The minimum atomic E-state index is -1.01. The van der Waals surface area contributed by atoms with Gasteiger partial charge in [0.2, 0.25) is 5.95 Å². The van der Waals surface area contributed by atoms with E-state index < -0.39 is 18.0 Å². The number of imidazole rings is 1. The standard InChI is InChI=1S/C16H20N4O3/c1-10(2)9-12(14(21)22)18-16(23)20-8-7-19-13-6-4-3-5-11(13)17-15(19)20/h3-6,10,12H,7-9H2,1-2H3,(H,18,23)(H,21,22). The monoisotopic (exact) mass is 316 g/mol. The van der Waals surface area contributed by atoms with Crippen molar-refractivity contribution < 1.29 is 14.7 Å². The van der Waals surface area contributed by atoms with E-state index in [1.807, 2.05) is 42.7 Å². The highest BCUT2D eigenvalue weighted by Gasteiger charge is 2.31. The van der Waals surface area contributed by atoms with E-state index in [2.05, 4.69) is 10.3 Å². The summed E-state index contributed by atoms with van der Waals surface area (Å²) in [5, 5.41) is 11.9. The maximum absolute atomic E-state index is 12.5. The number of carbonyl (C=O) groups is 2. The van der Waals surface area contributed by atoms with Crippen LogP contribution in [0.1, 0.15) is 20.3 Å². The summed E-state index contributed by atoms with van der Waals surface area (Å²) in [5.74, 6) is -0.267. The van der Waals surface area contributed by atoms with Gasteiger partial charge in [0, 0.05) is 13.1 Å². The van der Waals surface area contributed by atoms with Gasteiger partial charge in [0.15, 0.2) is 0 Å². The van der Waals surface area contributed by atoms with Crippen LogP contribution >= 0.6 is 0 Å². The number of carboxylic acid groups (broad SMARTS) is 1. The number of carbonyl (C=O) groups excluding carboxylic acids is 1. The van der Waals surface area contributed by atoms with Crippen LogP contribution in [0.25, 0.3) is 11.0 Å². The van der Waals surface area contributed by atoms with Gasteiger partial charge in [0.05, 0.1) is 11.0 Å². The van der Waals surface area contributed by atoms with Crippen LogP contribution in [0, 0.1) is 5.92 Å². The lowest BCUT2D eigenvalue weighted by Gasteiger charge is -2.20. The van der Waals surface area contributed by atoms with Gasteiger partial charge in [-0.25, -0.2) is 14.6 Å². The van der Waals surface area contributed by atoms with Gasteiger partial charge in [-0.3, -0.25) is 4.90 Å². The third-order valence-corrected chi connectivity index (χ3v) is 3.97. The highest BCUT2D eigenvalue weighted by Crippen LogP contribution is 2.27. The zero-order valence-corrected chi connectivity index (χ0v) is 13.2. The lowest BCUT2D eigenvalue weighted by Crippen LogP contribution is -2.48. The highest BCUT2D eigenvalue weighted by atomic mass is 16.4. The van der Waals surface area contributed by atoms with Crippen LogP contribution in [0.3, 0.4) is 0 Å². The smallest absolute Gasteiger partial charge is 0.326 e. The number of fused-ring (bicyclic) bond motifs is 3. The van der Waals surface area contributed by atoms with E-state index in [0.29, 0.717) is 25.5 Å². The van der Waals surface area contributed by atoms with Gasteiger partial charge in [-0.15, -0.1) is 0 Å². The van der Waals surface area contributed by atoms with Crippen LogP contribution < -0.4 is 10.2 Å². The van der Waals surface area contributed by atoms with Gasteiger partial charge in [-0.05, 0) is 24.5 Å². The molecule has 1 atom stereocenters. The van der Waals surface area contributed by atoms with Crippen LogP contribution in [-0.4, -0.2) is 39.2 Å². The Morgan fingerprint density at radius 2 is 2.04 bits per heavy atom. The molecule has 2 aromatic rings. The Morgan fingerprint density at radius 1 is 1.30 bits per heavy atom. The fraction of sp³-hybridized carbons (Fsp3) is 0.438. The fourth-order valence-electron chi connectivity index (χ4n) is 2.90. The molecular formula is C16H20N4O3. The number of nitrogens with zero attached hydrogens (tertiary/aromatic N) is 3. The second kappa shape index (κ2) is 5.91. The Morgan fingerprint density at radius 3 is 2.74 bits per heavy atom. The summed E-state index contributed by atoms with van der Waals surface area (Å²) in [6.45, 7) is 5.01. The van der Waals surface area contributed by atoms with Crippen molar-refractivity contribution in [3.63, 3.8) is 0 Å². The SMILES string of the molecule is CC(C)CC(NC(=O)N1CCn2c1nc1ccccc12)C(=O)O. The van der Waals surface area contributed by atoms with E-state index in [1.165, 1.54) is 4.90 Å². The molecule has 0 saturated heterocycles. The fourth-order valence-corrected chi connectivity index (χ4v) is 2.90. The molecule has 2 amide bonds.